The molecule has 19 heteroatoms. The number of H-pyrrole nitrogens is 1. The van der Waals surface area contributed by atoms with Gasteiger partial charge >= 0.3 is 5.97 Å². The van der Waals surface area contributed by atoms with Crippen molar-refractivity contribution in [2.75, 3.05) is 24.0 Å². The number of nitrogens with two attached hydrogens (primary N) is 2. The molecule has 322 valence electrons. The maximum absolute atomic E-state index is 14.1. The smallest absolute Gasteiger partial charge is 0.303 e. The van der Waals surface area contributed by atoms with Crippen molar-refractivity contribution in [3.63, 3.8) is 0 Å². The van der Waals surface area contributed by atoms with Gasteiger partial charge in [-0.3, -0.25) is 33.6 Å². The standard InChI is InChI=1S/C40H56N8O9S2/c1-22(2)34(40(57)44-29(35(42)52)15-17-58-3)48-38(55)31(16-18-59-4)46-39(56)32(19-23-9-11-25(49)12-10-23)47-37(54)30(13-14-33(50)51)45-36(53)27(41)20-24-21-43-28-8-6-5-7-26(24)28/h5-12,21-22,27,29-32,34,43,49H,13-20,41H2,1-4H3,(H2,42,52)(H,44,57)(H,45,53)(H,46,56)(H,47,54)(H,48,55)(H,50,51)/t27-,29+,30-,31-,32-,34-/m0/s1. The summed E-state index contributed by atoms with van der Waals surface area (Å²) in [5, 5.41) is 33.4. The first-order valence-electron chi connectivity index (χ1n) is 19.1. The van der Waals surface area contributed by atoms with Crippen molar-refractivity contribution in [2.24, 2.45) is 17.4 Å². The predicted molar refractivity (Wildman–Crippen MR) is 228 cm³/mol. The molecule has 6 atom stereocenters. The number of carboxylic acids is 1. The summed E-state index contributed by atoms with van der Waals surface area (Å²) in [6.45, 7) is 3.41. The first kappa shape index (κ1) is 48.1. The van der Waals surface area contributed by atoms with Crippen molar-refractivity contribution in [1.29, 1.82) is 0 Å². The SMILES string of the molecule is CSCC[C@H](NC(=O)[C@H](Cc1ccc(O)cc1)NC(=O)[C@H](CCC(=O)O)NC(=O)[C@@H](N)Cc1c[nH]c2ccccc12)C(=O)N[C@H](C(=O)N[C@H](CCSC)C(N)=O)C(C)C. The van der Waals surface area contributed by atoms with Crippen LogP contribution in [-0.4, -0.2) is 117 Å². The van der Waals surface area contributed by atoms with Crippen LogP contribution in [-0.2, 0) is 46.4 Å². The van der Waals surface area contributed by atoms with Crippen LogP contribution in [0.4, 0.5) is 0 Å². The summed E-state index contributed by atoms with van der Waals surface area (Å²) in [6, 6.07) is 6.19. The van der Waals surface area contributed by atoms with Gasteiger partial charge in [0.2, 0.25) is 35.4 Å². The summed E-state index contributed by atoms with van der Waals surface area (Å²) in [4.78, 5) is 95.3. The summed E-state index contributed by atoms with van der Waals surface area (Å²) in [7, 11) is 0. The van der Waals surface area contributed by atoms with E-state index in [1.807, 2.05) is 36.8 Å². The van der Waals surface area contributed by atoms with Crippen LogP contribution in [0.2, 0.25) is 0 Å². The van der Waals surface area contributed by atoms with Crippen molar-refractivity contribution in [3.8, 4) is 5.75 Å². The Hall–Kier alpha value is -5.27. The van der Waals surface area contributed by atoms with Gasteiger partial charge in [-0.05, 0) is 84.9 Å². The van der Waals surface area contributed by atoms with Crippen LogP contribution in [0.1, 0.15) is 50.7 Å². The molecule has 0 radical (unpaired) electrons. The molecule has 0 saturated heterocycles. The maximum atomic E-state index is 14.1. The first-order valence-corrected chi connectivity index (χ1v) is 21.9. The zero-order valence-corrected chi connectivity index (χ0v) is 35.3. The van der Waals surface area contributed by atoms with Crippen molar-refractivity contribution in [3.05, 3.63) is 65.9 Å². The fraction of sp³-hybridized carbons (Fsp3) is 0.475. The number of phenolic OH excluding ortho intramolecular Hbond substituents is 1. The molecule has 3 rings (SSSR count). The minimum Gasteiger partial charge on any atom is -0.508 e. The molecular weight excluding hydrogens is 801 g/mol. The molecule has 0 fully saturated rings. The fourth-order valence-corrected chi connectivity index (χ4v) is 7.09. The Morgan fingerprint density at radius 2 is 1.24 bits per heavy atom. The number of aromatic hydroxyl groups is 1. The molecule has 17 nitrogen and oxygen atoms in total. The highest BCUT2D eigenvalue weighted by Crippen LogP contribution is 2.19. The highest BCUT2D eigenvalue weighted by atomic mass is 32.2. The van der Waals surface area contributed by atoms with Crippen molar-refractivity contribution in [2.45, 2.75) is 88.6 Å². The van der Waals surface area contributed by atoms with Crippen LogP contribution in [0, 0.1) is 5.92 Å². The molecule has 2 aromatic carbocycles. The van der Waals surface area contributed by atoms with E-state index < -0.39 is 90.0 Å². The third-order valence-electron chi connectivity index (χ3n) is 9.50. The van der Waals surface area contributed by atoms with Gasteiger partial charge in [-0.2, -0.15) is 23.5 Å². The van der Waals surface area contributed by atoms with Gasteiger partial charge in [-0.1, -0.05) is 44.2 Å². The predicted octanol–water partition coefficient (Wildman–Crippen LogP) is 0.922. The molecule has 3 aromatic rings. The Labute approximate surface area is 351 Å². The molecule has 12 N–H and O–H groups in total. The van der Waals surface area contributed by atoms with Crippen LogP contribution in [0.5, 0.6) is 5.75 Å². The zero-order valence-electron chi connectivity index (χ0n) is 33.6. The Bertz CT molecular complexity index is 1910. The number of aromatic amines is 1. The van der Waals surface area contributed by atoms with E-state index in [1.165, 1.54) is 47.8 Å². The average molecular weight is 857 g/mol. The van der Waals surface area contributed by atoms with Gasteiger partial charge in [0.05, 0.1) is 6.04 Å². The number of carboxylic acid groups (broad SMARTS) is 1. The Kier molecular flexibility index (Phi) is 19.5. The molecule has 0 bridgehead atoms. The lowest BCUT2D eigenvalue weighted by Crippen LogP contribution is -2.60. The number of phenols is 1. The van der Waals surface area contributed by atoms with Gasteiger partial charge in [-0.15, -0.1) is 0 Å². The van der Waals surface area contributed by atoms with Crippen LogP contribution in [0.3, 0.4) is 0 Å². The number of aliphatic carboxylic acids is 1. The normalized spacial score (nSPS) is 14.3. The number of aromatic nitrogens is 1. The molecule has 59 heavy (non-hydrogen) atoms. The van der Waals surface area contributed by atoms with E-state index in [0.717, 1.165) is 16.5 Å². The van der Waals surface area contributed by atoms with Crippen molar-refractivity contribution >= 4 is 75.8 Å². The zero-order chi connectivity index (χ0) is 43.6. The van der Waals surface area contributed by atoms with Gasteiger partial charge in [0.25, 0.3) is 0 Å². The molecule has 1 aromatic heterocycles. The number of primary amides is 1. The number of hydrogen-bond acceptors (Lipinski definition) is 11. The van der Waals surface area contributed by atoms with E-state index in [-0.39, 0.29) is 31.4 Å². The number of nitrogens with one attached hydrogen (secondary N) is 6. The van der Waals surface area contributed by atoms with E-state index in [4.69, 9.17) is 11.5 Å². The quantitative estimate of drug-likeness (QED) is 0.0570. The lowest BCUT2D eigenvalue weighted by Gasteiger charge is -2.28. The van der Waals surface area contributed by atoms with Gasteiger partial charge in [0.15, 0.2) is 0 Å². The number of benzene rings is 2. The van der Waals surface area contributed by atoms with E-state index in [0.29, 0.717) is 23.5 Å². The summed E-state index contributed by atoms with van der Waals surface area (Å²) >= 11 is 2.89. The molecule has 0 unspecified atom stereocenters. The van der Waals surface area contributed by atoms with Crippen LogP contribution in [0.15, 0.2) is 54.7 Å². The van der Waals surface area contributed by atoms with Gasteiger partial charge in [0.1, 0.15) is 36.0 Å². The summed E-state index contributed by atoms with van der Waals surface area (Å²) < 4.78 is 0. The third kappa shape index (κ3) is 15.4. The minimum atomic E-state index is -1.41. The number of thioether (sulfide) groups is 2. The monoisotopic (exact) mass is 856 g/mol. The van der Waals surface area contributed by atoms with Gasteiger partial charge in [-0.25, -0.2) is 0 Å². The first-order chi connectivity index (χ1) is 28.0. The van der Waals surface area contributed by atoms with Gasteiger partial charge < -0.3 is 53.2 Å². The number of fused-ring (bicyclic) bond motifs is 1. The number of amides is 6. The highest BCUT2D eigenvalue weighted by molar-refractivity contribution is 7.98. The second-order valence-corrected chi connectivity index (χ2v) is 16.4. The lowest BCUT2D eigenvalue weighted by atomic mass is 10.0. The topological polar surface area (TPSA) is 288 Å². The highest BCUT2D eigenvalue weighted by Gasteiger charge is 2.34. The maximum Gasteiger partial charge on any atom is 0.303 e. The van der Waals surface area contributed by atoms with Crippen molar-refractivity contribution in [1.82, 2.24) is 31.6 Å². The minimum absolute atomic E-state index is 0.0387. The Balaban J connectivity index is 1.85. The van der Waals surface area contributed by atoms with Crippen LogP contribution >= 0.6 is 23.5 Å². The number of hydrogen-bond donors (Lipinski definition) is 10. The molecule has 0 aliphatic rings. The Morgan fingerprint density at radius 3 is 1.85 bits per heavy atom. The van der Waals surface area contributed by atoms with E-state index >= 15 is 0 Å². The number of para-hydroxylation sites is 1. The number of carbonyl (C=O) groups excluding carboxylic acids is 6. The molecule has 0 spiro atoms. The largest absolute Gasteiger partial charge is 0.508 e. The van der Waals surface area contributed by atoms with E-state index in [2.05, 4.69) is 31.6 Å². The van der Waals surface area contributed by atoms with Crippen LogP contribution in [0.25, 0.3) is 10.9 Å². The van der Waals surface area contributed by atoms with Gasteiger partial charge in [0, 0.05) is 29.9 Å². The van der Waals surface area contributed by atoms with Crippen LogP contribution < -0.4 is 38.1 Å². The number of carbonyl (C=O) groups is 7. The molecule has 6 amide bonds. The second kappa shape index (κ2) is 24.0. The summed E-state index contributed by atoms with van der Waals surface area (Å²) in [5.74, 6) is -5.12. The second-order valence-electron chi connectivity index (χ2n) is 14.4. The lowest BCUT2D eigenvalue weighted by molar-refractivity contribution is -0.138. The fourth-order valence-electron chi connectivity index (χ4n) is 6.14. The molecule has 0 aliphatic carbocycles. The summed E-state index contributed by atoms with van der Waals surface area (Å²) in [6.07, 6.45) is 4.97. The Morgan fingerprint density at radius 1 is 0.695 bits per heavy atom. The molecular formula is C40H56N8O9S2. The molecule has 1 heterocycles. The van der Waals surface area contributed by atoms with E-state index in [9.17, 15) is 43.8 Å². The van der Waals surface area contributed by atoms with E-state index in [1.54, 1.807) is 20.0 Å². The van der Waals surface area contributed by atoms with Crippen molar-refractivity contribution < 1.29 is 43.8 Å². The summed E-state index contributed by atoms with van der Waals surface area (Å²) in [5.41, 5.74) is 13.9. The third-order valence-corrected chi connectivity index (χ3v) is 10.8. The average Bonchev–Trinajstić information content (AvgIpc) is 3.60. The number of rotatable bonds is 25. The molecule has 0 saturated carbocycles. The molecule has 0 aliphatic heterocycles.